The van der Waals surface area contributed by atoms with Gasteiger partial charge in [0.2, 0.25) is 5.13 Å². The van der Waals surface area contributed by atoms with E-state index in [2.05, 4.69) is 18.9 Å². The maximum Gasteiger partial charge on any atom is 0.355 e. The number of thioether (sulfide) groups is 1. The molecule has 10 heteroatoms. The Labute approximate surface area is 215 Å². The predicted molar refractivity (Wildman–Crippen MR) is 139 cm³/mol. The number of carboxylic acid groups (broad SMARTS) is 1. The SMILES string of the molecule is Cc1nn(-c2nc(-c3ccc(Cl)c(Cl)c3)c(SC(C)C)s2)c(C(=O)O)c1-c1cccc(CO)c1. The average molecular weight is 534 g/mol. The first-order valence-electron chi connectivity index (χ1n) is 10.4. The fourth-order valence-corrected chi connectivity index (χ4v) is 6.32. The maximum absolute atomic E-state index is 12.4. The Bertz CT molecular complexity index is 1380. The Morgan fingerprint density at radius 3 is 2.56 bits per heavy atom. The quantitative estimate of drug-likeness (QED) is 0.249. The van der Waals surface area contributed by atoms with Crippen molar-refractivity contribution in [1.29, 1.82) is 0 Å². The van der Waals surface area contributed by atoms with Crippen molar-refractivity contribution >= 4 is 52.3 Å². The van der Waals surface area contributed by atoms with Crippen molar-refractivity contribution in [3.63, 3.8) is 0 Å². The van der Waals surface area contributed by atoms with E-state index in [1.165, 1.54) is 16.0 Å². The molecule has 0 aliphatic carbocycles. The summed E-state index contributed by atoms with van der Waals surface area (Å²) in [6, 6.07) is 12.5. The Kier molecular flexibility index (Phi) is 7.35. The molecule has 0 saturated carbocycles. The van der Waals surface area contributed by atoms with Crippen molar-refractivity contribution in [1.82, 2.24) is 14.8 Å². The number of aromatic carboxylic acids is 1. The Morgan fingerprint density at radius 2 is 1.91 bits per heavy atom. The van der Waals surface area contributed by atoms with Gasteiger partial charge in [0.15, 0.2) is 5.69 Å². The minimum absolute atomic E-state index is 0.0168. The molecule has 4 aromatic rings. The maximum atomic E-state index is 12.4. The largest absolute Gasteiger partial charge is 0.476 e. The van der Waals surface area contributed by atoms with Crippen molar-refractivity contribution < 1.29 is 15.0 Å². The Balaban J connectivity index is 1.91. The molecule has 0 aliphatic rings. The van der Waals surface area contributed by atoms with Crippen LogP contribution in [-0.2, 0) is 6.61 Å². The average Bonchev–Trinajstić information content (AvgIpc) is 3.36. The molecule has 0 aliphatic heterocycles. The number of rotatable bonds is 7. The highest BCUT2D eigenvalue weighted by Gasteiger charge is 2.27. The van der Waals surface area contributed by atoms with E-state index in [-0.39, 0.29) is 17.6 Å². The molecule has 0 fully saturated rings. The van der Waals surface area contributed by atoms with Gasteiger partial charge in [-0.15, -0.1) is 11.8 Å². The molecule has 6 nitrogen and oxygen atoms in total. The molecule has 0 spiro atoms. The smallest absolute Gasteiger partial charge is 0.355 e. The van der Waals surface area contributed by atoms with Gasteiger partial charge >= 0.3 is 5.97 Å². The fourth-order valence-electron chi connectivity index (χ4n) is 3.54. The summed E-state index contributed by atoms with van der Waals surface area (Å²) in [7, 11) is 0. The number of aliphatic hydroxyl groups is 1. The number of hydrogen-bond acceptors (Lipinski definition) is 6. The van der Waals surface area contributed by atoms with Gasteiger partial charge in [0.1, 0.15) is 0 Å². The first-order chi connectivity index (χ1) is 16.2. The van der Waals surface area contributed by atoms with E-state index in [4.69, 9.17) is 28.2 Å². The summed E-state index contributed by atoms with van der Waals surface area (Å²) < 4.78 is 2.31. The van der Waals surface area contributed by atoms with Gasteiger partial charge < -0.3 is 10.2 Å². The second kappa shape index (κ2) is 10.1. The number of aliphatic hydroxyl groups excluding tert-OH is 1. The van der Waals surface area contributed by atoms with Gasteiger partial charge in [0.05, 0.1) is 32.2 Å². The van der Waals surface area contributed by atoms with Gasteiger partial charge in [-0.2, -0.15) is 9.78 Å². The number of nitrogens with zero attached hydrogens (tertiary/aromatic N) is 3. The lowest BCUT2D eigenvalue weighted by Gasteiger charge is -2.05. The van der Waals surface area contributed by atoms with Gasteiger partial charge in [-0.05, 0) is 36.2 Å². The third-order valence-corrected chi connectivity index (χ3v) is 7.95. The number of aryl methyl sites for hydroxylation is 1. The third kappa shape index (κ3) is 4.87. The van der Waals surface area contributed by atoms with Gasteiger partial charge in [0.25, 0.3) is 0 Å². The molecule has 2 N–H and O–H groups in total. The van der Waals surface area contributed by atoms with Gasteiger partial charge in [-0.3, -0.25) is 0 Å². The fraction of sp³-hybridized carbons (Fsp3) is 0.208. The van der Waals surface area contributed by atoms with Crippen LogP contribution >= 0.6 is 46.3 Å². The lowest BCUT2D eigenvalue weighted by molar-refractivity contribution is 0.0688. The van der Waals surface area contributed by atoms with Crippen molar-refractivity contribution in [2.24, 2.45) is 0 Å². The normalized spacial score (nSPS) is 11.4. The van der Waals surface area contributed by atoms with E-state index in [0.717, 1.165) is 9.77 Å². The van der Waals surface area contributed by atoms with Crippen LogP contribution in [0.3, 0.4) is 0 Å². The molecular formula is C24H21Cl2N3O3S2. The van der Waals surface area contributed by atoms with Crippen molar-refractivity contribution in [2.45, 2.75) is 36.8 Å². The van der Waals surface area contributed by atoms with E-state index in [0.29, 0.717) is 43.3 Å². The van der Waals surface area contributed by atoms with E-state index in [9.17, 15) is 15.0 Å². The highest BCUT2D eigenvalue weighted by Crippen LogP contribution is 2.42. The summed E-state index contributed by atoms with van der Waals surface area (Å²) >= 11 is 15.4. The van der Waals surface area contributed by atoms with Crippen molar-refractivity contribution in [2.75, 3.05) is 0 Å². The van der Waals surface area contributed by atoms with Gasteiger partial charge in [0, 0.05) is 16.4 Å². The number of halogens is 2. The second-order valence-electron chi connectivity index (χ2n) is 7.81. The van der Waals surface area contributed by atoms with E-state index in [1.807, 2.05) is 12.1 Å². The molecule has 34 heavy (non-hydrogen) atoms. The number of carbonyl (C=O) groups is 1. The van der Waals surface area contributed by atoms with Crippen LogP contribution in [0.25, 0.3) is 27.5 Å². The van der Waals surface area contributed by atoms with E-state index in [1.54, 1.807) is 49.0 Å². The highest BCUT2D eigenvalue weighted by molar-refractivity contribution is 8.01. The summed E-state index contributed by atoms with van der Waals surface area (Å²) in [4.78, 5) is 17.2. The molecule has 2 aromatic carbocycles. The predicted octanol–water partition coefficient (Wildman–Crippen LogP) is 6.97. The molecule has 0 atom stereocenters. The van der Waals surface area contributed by atoms with Crippen LogP contribution in [0.4, 0.5) is 0 Å². The number of benzene rings is 2. The molecule has 176 valence electrons. The molecule has 2 aromatic heterocycles. The molecule has 0 unspecified atom stereocenters. The van der Waals surface area contributed by atoms with Crippen LogP contribution in [0.15, 0.2) is 46.7 Å². The molecule has 0 amide bonds. The van der Waals surface area contributed by atoms with Crippen LogP contribution in [-0.4, -0.2) is 36.2 Å². The third-order valence-electron chi connectivity index (χ3n) is 4.96. The van der Waals surface area contributed by atoms with Crippen LogP contribution in [0, 0.1) is 6.92 Å². The van der Waals surface area contributed by atoms with Crippen LogP contribution in [0.5, 0.6) is 0 Å². The summed E-state index contributed by atoms with van der Waals surface area (Å²) in [6.07, 6.45) is 0. The zero-order chi connectivity index (χ0) is 24.6. The number of aromatic nitrogens is 3. The number of carboxylic acids is 1. The molecule has 0 saturated heterocycles. The first kappa shape index (κ1) is 24.8. The number of hydrogen-bond donors (Lipinski definition) is 2. The van der Waals surface area contributed by atoms with Gasteiger partial charge in [-0.1, -0.05) is 72.7 Å². The standard InChI is InChI=1S/C24H21Cl2N3O3S2/c1-12(2)33-23-20(16-7-8-17(25)18(26)10-16)27-24(34-23)29-21(22(31)32)19(13(3)28-29)15-6-4-5-14(9-15)11-30/h4-10,12,30H,11H2,1-3H3,(H,31,32). The lowest BCUT2D eigenvalue weighted by Crippen LogP contribution is -2.09. The summed E-state index contributed by atoms with van der Waals surface area (Å²) in [5.74, 6) is -1.12. The zero-order valence-corrected chi connectivity index (χ0v) is 21.7. The molecule has 2 heterocycles. The van der Waals surface area contributed by atoms with Crippen molar-refractivity contribution in [3.05, 3.63) is 69.5 Å². The molecule has 4 rings (SSSR count). The minimum Gasteiger partial charge on any atom is -0.476 e. The number of thiazole rings is 1. The van der Waals surface area contributed by atoms with E-state index >= 15 is 0 Å². The Hall–Kier alpha value is -2.36. The summed E-state index contributed by atoms with van der Waals surface area (Å²) in [5.41, 5.74) is 3.91. The Morgan fingerprint density at radius 1 is 1.15 bits per heavy atom. The first-order valence-corrected chi connectivity index (χ1v) is 12.8. The van der Waals surface area contributed by atoms with E-state index < -0.39 is 5.97 Å². The topological polar surface area (TPSA) is 88.2 Å². The molecule has 0 bridgehead atoms. The molecular weight excluding hydrogens is 513 g/mol. The van der Waals surface area contributed by atoms with Crippen LogP contribution < -0.4 is 0 Å². The summed E-state index contributed by atoms with van der Waals surface area (Å²) in [5, 5.41) is 25.8. The lowest BCUT2D eigenvalue weighted by atomic mass is 10.0. The zero-order valence-electron chi connectivity index (χ0n) is 18.5. The monoisotopic (exact) mass is 533 g/mol. The van der Waals surface area contributed by atoms with Crippen LogP contribution in [0.1, 0.15) is 35.6 Å². The summed E-state index contributed by atoms with van der Waals surface area (Å²) in [6.45, 7) is 5.78. The molecule has 0 radical (unpaired) electrons. The minimum atomic E-state index is -1.12. The van der Waals surface area contributed by atoms with Crippen LogP contribution in [0.2, 0.25) is 10.0 Å². The second-order valence-corrected chi connectivity index (χ2v) is 11.4. The van der Waals surface area contributed by atoms with Crippen molar-refractivity contribution in [3.8, 4) is 27.5 Å². The van der Waals surface area contributed by atoms with Gasteiger partial charge in [-0.25, -0.2) is 9.78 Å². The highest BCUT2D eigenvalue weighted by atomic mass is 35.5.